The number of ether oxygens (including phenoxy) is 1. The van der Waals surface area contributed by atoms with Gasteiger partial charge < -0.3 is 19.6 Å². The maximum atomic E-state index is 12.9. The van der Waals surface area contributed by atoms with Crippen LogP contribution >= 0.6 is 0 Å². The van der Waals surface area contributed by atoms with Crippen LogP contribution in [0.25, 0.3) is 22.2 Å². The minimum absolute atomic E-state index is 0.101. The van der Waals surface area contributed by atoms with Crippen LogP contribution in [0.4, 0.5) is 0 Å². The molecule has 0 atom stereocenters. The van der Waals surface area contributed by atoms with Gasteiger partial charge in [-0.05, 0) is 43.2 Å². The summed E-state index contributed by atoms with van der Waals surface area (Å²) in [6.45, 7) is 1.77. The van der Waals surface area contributed by atoms with E-state index in [1.54, 1.807) is 29.2 Å². The third kappa shape index (κ3) is 3.78. The van der Waals surface area contributed by atoms with Crippen molar-refractivity contribution >= 4 is 22.7 Å². The summed E-state index contributed by atoms with van der Waals surface area (Å²) in [6.07, 6.45) is 2.66. The van der Waals surface area contributed by atoms with Crippen LogP contribution < -0.4 is 4.74 Å². The summed E-state index contributed by atoms with van der Waals surface area (Å²) in [6, 6.07) is 13.3. The number of rotatable bonds is 4. The third-order valence-corrected chi connectivity index (χ3v) is 6.15. The van der Waals surface area contributed by atoms with E-state index in [2.05, 4.69) is 9.97 Å². The van der Waals surface area contributed by atoms with Crippen LogP contribution in [-0.4, -0.2) is 75.6 Å². The molecule has 0 bridgehead atoms. The smallest absolute Gasteiger partial charge is 0.255 e. The van der Waals surface area contributed by atoms with Crippen LogP contribution in [0, 0.1) is 0 Å². The van der Waals surface area contributed by atoms with E-state index >= 15 is 0 Å². The van der Waals surface area contributed by atoms with Crippen LogP contribution in [0.1, 0.15) is 23.2 Å². The van der Waals surface area contributed by atoms with Crippen molar-refractivity contribution in [2.24, 2.45) is 0 Å². The second-order valence-electron chi connectivity index (χ2n) is 8.31. The Bertz CT molecular complexity index is 1180. The van der Waals surface area contributed by atoms with Crippen LogP contribution in [0.3, 0.4) is 0 Å². The molecule has 1 aliphatic carbocycles. The highest BCUT2D eigenvalue weighted by molar-refractivity contribution is 5.95. The van der Waals surface area contributed by atoms with E-state index in [0.717, 1.165) is 22.2 Å². The van der Waals surface area contributed by atoms with Gasteiger partial charge >= 0.3 is 0 Å². The van der Waals surface area contributed by atoms with Crippen molar-refractivity contribution in [1.29, 1.82) is 0 Å². The standard InChI is InChI=1S/C24H24N4O4/c1-32-21-7-4-17-14-16(2-6-20(17)26-21)19-5-3-18(15-25-19)22(29)27-10-12-28(13-11-27)23(30)24(31)8-9-24/h2-7,14-15,31H,8-13H2,1H3. The molecule has 0 radical (unpaired) electrons. The maximum Gasteiger partial charge on any atom is 0.255 e. The highest BCUT2D eigenvalue weighted by atomic mass is 16.5. The van der Waals surface area contributed by atoms with Gasteiger partial charge in [-0.25, -0.2) is 4.98 Å². The number of aliphatic hydroxyl groups is 1. The Balaban J connectivity index is 1.26. The molecular weight excluding hydrogens is 408 g/mol. The first-order valence-electron chi connectivity index (χ1n) is 10.7. The van der Waals surface area contributed by atoms with E-state index < -0.39 is 5.60 Å². The lowest BCUT2D eigenvalue weighted by Gasteiger charge is -2.35. The molecule has 1 aromatic carbocycles. The normalized spacial score (nSPS) is 17.3. The van der Waals surface area contributed by atoms with Crippen molar-refractivity contribution in [2.75, 3.05) is 33.3 Å². The summed E-state index contributed by atoms with van der Waals surface area (Å²) in [4.78, 5) is 37.5. The largest absolute Gasteiger partial charge is 0.481 e. The summed E-state index contributed by atoms with van der Waals surface area (Å²) in [5.74, 6) is 0.260. The predicted molar refractivity (Wildman–Crippen MR) is 118 cm³/mol. The molecule has 0 unspecified atom stereocenters. The molecule has 2 fully saturated rings. The van der Waals surface area contributed by atoms with Crippen molar-refractivity contribution in [1.82, 2.24) is 19.8 Å². The van der Waals surface area contributed by atoms with Crippen LogP contribution in [0.5, 0.6) is 5.88 Å². The SMILES string of the molecule is COc1ccc2cc(-c3ccc(C(=O)N4CCN(C(=O)C5(O)CC5)CC4)cn3)ccc2n1. The molecule has 3 aromatic rings. The minimum atomic E-state index is -1.16. The zero-order valence-corrected chi connectivity index (χ0v) is 17.8. The van der Waals surface area contributed by atoms with Crippen molar-refractivity contribution in [3.05, 3.63) is 54.2 Å². The monoisotopic (exact) mass is 432 g/mol. The topological polar surface area (TPSA) is 95.9 Å². The first kappa shape index (κ1) is 20.4. The fourth-order valence-electron chi connectivity index (χ4n) is 3.99. The molecule has 32 heavy (non-hydrogen) atoms. The Morgan fingerprint density at radius 1 is 1.00 bits per heavy atom. The highest BCUT2D eigenvalue weighted by Crippen LogP contribution is 2.37. The number of hydrogen-bond acceptors (Lipinski definition) is 6. The Morgan fingerprint density at radius 3 is 2.41 bits per heavy atom. The molecule has 2 aliphatic rings. The number of amides is 2. The van der Waals surface area contributed by atoms with Gasteiger partial charge in [0.15, 0.2) is 0 Å². The number of benzene rings is 1. The number of carbonyl (C=O) groups excluding carboxylic acids is 2. The average Bonchev–Trinajstić information content (AvgIpc) is 3.61. The summed E-state index contributed by atoms with van der Waals surface area (Å²) >= 11 is 0. The van der Waals surface area contributed by atoms with Crippen molar-refractivity contribution in [3.8, 4) is 17.1 Å². The van der Waals surface area contributed by atoms with E-state index in [4.69, 9.17) is 4.74 Å². The van der Waals surface area contributed by atoms with Gasteiger partial charge in [0, 0.05) is 49.4 Å². The van der Waals surface area contributed by atoms with Crippen LogP contribution in [0.15, 0.2) is 48.7 Å². The van der Waals surface area contributed by atoms with E-state index in [1.807, 2.05) is 36.4 Å². The van der Waals surface area contributed by atoms with Gasteiger partial charge in [-0.3, -0.25) is 14.6 Å². The fraction of sp³-hybridized carbons (Fsp3) is 0.333. The van der Waals surface area contributed by atoms with Gasteiger partial charge in [0.25, 0.3) is 11.8 Å². The highest BCUT2D eigenvalue weighted by Gasteiger charge is 2.50. The molecule has 8 nitrogen and oxygen atoms in total. The lowest BCUT2D eigenvalue weighted by molar-refractivity contribution is -0.143. The molecule has 3 heterocycles. The maximum absolute atomic E-state index is 12.9. The fourth-order valence-corrected chi connectivity index (χ4v) is 3.99. The van der Waals surface area contributed by atoms with Gasteiger partial charge in [-0.2, -0.15) is 0 Å². The number of carbonyl (C=O) groups is 2. The van der Waals surface area contributed by atoms with Gasteiger partial charge in [-0.1, -0.05) is 6.07 Å². The van der Waals surface area contributed by atoms with Crippen molar-refractivity contribution in [2.45, 2.75) is 18.4 Å². The van der Waals surface area contributed by atoms with Gasteiger partial charge in [0.05, 0.1) is 23.9 Å². The van der Waals surface area contributed by atoms with Gasteiger partial charge in [0.2, 0.25) is 5.88 Å². The first-order valence-corrected chi connectivity index (χ1v) is 10.7. The molecule has 5 rings (SSSR count). The zero-order chi connectivity index (χ0) is 22.3. The Labute approximate surface area is 185 Å². The Hall–Kier alpha value is -3.52. The third-order valence-electron chi connectivity index (χ3n) is 6.15. The Kier molecular flexibility index (Phi) is 5.01. The summed E-state index contributed by atoms with van der Waals surface area (Å²) in [5, 5.41) is 11.0. The van der Waals surface area contributed by atoms with Crippen molar-refractivity contribution < 1.29 is 19.4 Å². The van der Waals surface area contributed by atoms with E-state index in [-0.39, 0.29) is 11.8 Å². The van der Waals surface area contributed by atoms with E-state index in [1.165, 1.54) is 0 Å². The lowest BCUT2D eigenvalue weighted by Crippen LogP contribution is -2.53. The summed E-state index contributed by atoms with van der Waals surface area (Å²) < 4.78 is 5.17. The number of piperazine rings is 1. The first-order chi connectivity index (χ1) is 15.5. The lowest BCUT2D eigenvalue weighted by atomic mass is 10.1. The number of nitrogens with zero attached hydrogens (tertiary/aromatic N) is 4. The zero-order valence-electron chi connectivity index (χ0n) is 17.8. The number of hydrogen-bond donors (Lipinski definition) is 1. The van der Waals surface area contributed by atoms with Crippen LogP contribution in [-0.2, 0) is 4.79 Å². The molecule has 164 valence electrons. The Morgan fingerprint density at radius 2 is 1.75 bits per heavy atom. The molecule has 1 aliphatic heterocycles. The van der Waals surface area contributed by atoms with E-state index in [0.29, 0.717) is 50.5 Å². The average molecular weight is 432 g/mol. The number of pyridine rings is 2. The summed E-state index contributed by atoms with van der Waals surface area (Å²) in [5.41, 5.74) is 1.91. The molecular formula is C24H24N4O4. The predicted octanol–water partition coefficient (Wildman–Crippen LogP) is 2.11. The molecule has 2 amide bonds. The molecule has 8 heteroatoms. The van der Waals surface area contributed by atoms with Gasteiger partial charge in [-0.15, -0.1) is 0 Å². The number of methoxy groups -OCH3 is 1. The molecule has 1 N–H and O–H groups in total. The molecule has 2 aromatic heterocycles. The quantitative estimate of drug-likeness (QED) is 0.679. The molecule has 1 saturated carbocycles. The van der Waals surface area contributed by atoms with Crippen LogP contribution in [0.2, 0.25) is 0 Å². The number of fused-ring (bicyclic) bond motifs is 1. The summed E-state index contributed by atoms with van der Waals surface area (Å²) in [7, 11) is 1.59. The molecule has 1 saturated heterocycles. The second kappa shape index (κ2) is 7.87. The second-order valence-corrected chi connectivity index (χ2v) is 8.31. The van der Waals surface area contributed by atoms with E-state index in [9.17, 15) is 14.7 Å². The van der Waals surface area contributed by atoms with Gasteiger partial charge in [0.1, 0.15) is 5.60 Å². The molecule has 0 spiro atoms. The minimum Gasteiger partial charge on any atom is -0.481 e. The van der Waals surface area contributed by atoms with Crippen molar-refractivity contribution in [3.63, 3.8) is 0 Å². The number of aromatic nitrogens is 2.